The van der Waals surface area contributed by atoms with Gasteiger partial charge in [-0.05, 0) is 44.5 Å². The molecule has 0 aliphatic rings. The molecule has 0 saturated carbocycles. The van der Waals surface area contributed by atoms with E-state index in [1.807, 2.05) is 49.7 Å². The number of anilines is 1. The van der Waals surface area contributed by atoms with Crippen LogP contribution in [-0.4, -0.2) is 22.1 Å². The summed E-state index contributed by atoms with van der Waals surface area (Å²) in [4.78, 5) is 14.4. The molecule has 0 bridgehead atoms. The lowest BCUT2D eigenvalue weighted by molar-refractivity contribution is 0.0979. The molecule has 1 heterocycles. The molecule has 1 amide bonds. The number of phenolic OH excluding ortho intramolecular Hbond substituents is 1. The summed E-state index contributed by atoms with van der Waals surface area (Å²) in [6, 6.07) is 8.79. The molecular weight excluding hydrogens is 252 g/mol. The summed E-state index contributed by atoms with van der Waals surface area (Å²) in [5, 5.41) is 9.65. The Labute approximate surface area is 119 Å². The molecule has 1 aromatic carbocycles. The fourth-order valence-corrected chi connectivity index (χ4v) is 2.33. The molecule has 4 heteroatoms. The van der Waals surface area contributed by atoms with Crippen molar-refractivity contribution in [3.63, 3.8) is 0 Å². The Bertz CT molecular complexity index is 617. The molecule has 1 aromatic heterocycles. The van der Waals surface area contributed by atoms with Crippen LogP contribution >= 0.6 is 0 Å². The lowest BCUT2D eigenvalue weighted by Crippen LogP contribution is -2.32. The third-order valence-corrected chi connectivity index (χ3v) is 3.43. The number of rotatable bonds is 4. The van der Waals surface area contributed by atoms with Crippen molar-refractivity contribution in [1.29, 1.82) is 0 Å². The SMILES string of the molecule is CCN(C(=O)c1cccn1CC)c1cc(O)ccc1C. The predicted octanol–water partition coefficient (Wildman–Crippen LogP) is 3.19. The van der Waals surface area contributed by atoms with Crippen LogP contribution in [0.25, 0.3) is 0 Å². The molecule has 2 aromatic rings. The third-order valence-electron chi connectivity index (χ3n) is 3.43. The van der Waals surface area contributed by atoms with E-state index >= 15 is 0 Å². The highest BCUT2D eigenvalue weighted by molar-refractivity contribution is 6.05. The van der Waals surface area contributed by atoms with Gasteiger partial charge in [0.2, 0.25) is 0 Å². The number of nitrogens with zero attached hydrogens (tertiary/aromatic N) is 2. The number of carbonyl (C=O) groups excluding carboxylic acids is 1. The molecule has 2 rings (SSSR count). The maximum absolute atomic E-state index is 12.7. The molecule has 0 atom stereocenters. The Kier molecular flexibility index (Phi) is 4.13. The van der Waals surface area contributed by atoms with Gasteiger partial charge in [-0.15, -0.1) is 0 Å². The zero-order valence-corrected chi connectivity index (χ0v) is 12.1. The van der Waals surface area contributed by atoms with Gasteiger partial charge in [-0.25, -0.2) is 0 Å². The summed E-state index contributed by atoms with van der Waals surface area (Å²) in [5.74, 6) is 0.121. The number of aryl methyl sites for hydroxylation is 2. The standard InChI is InChI=1S/C16H20N2O2/c1-4-17-10-6-7-14(17)16(20)18(5-2)15-11-13(19)9-8-12(15)3/h6-11,19H,4-5H2,1-3H3. The molecule has 0 fully saturated rings. The van der Waals surface area contributed by atoms with E-state index in [4.69, 9.17) is 0 Å². The Morgan fingerprint density at radius 1 is 1.30 bits per heavy atom. The summed E-state index contributed by atoms with van der Waals surface area (Å²) in [7, 11) is 0. The van der Waals surface area contributed by atoms with Gasteiger partial charge in [0, 0.05) is 25.4 Å². The minimum atomic E-state index is -0.0481. The average molecular weight is 272 g/mol. The van der Waals surface area contributed by atoms with Gasteiger partial charge in [-0.3, -0.25) is 4.79 Å². The number of carbonyl (C=O) groups is 1. The van der Waals surface area contributed by atoms with Crippen LogP contribution in [0.2, 0.25) is 0 Å². The van der Waals surface area contributed by atoms with Gasteiger partial charge in [-0.1, -0.05) is 6.07 Å². The number of aromatic nitrogens is 1. The first-order chi connectivity index (χ1) is 9.58. The first-order valence-electron chi connectivity index (χ1n) is 6.85. The van der Waals surface area contributed by atoms with Crippen molar-refractivity contribution in [2.24, 2.45) is 0 Å². The Morgan fingerprint density at radius 2 is 2.05 bits per heavy atom. The zero-order valence-electron chi connectivity index (χ0n) is 12.1. The van der Waals surface area contributed by atoms with E-state index in [0.717, 1.165) is 17.8 Å². The monoisotopic (exact) mass is 272 g/mol. The van der Waals surface area contributed by atoms with Gasteiger partial charge in [0.05, 0.1) is 5.69 Å². The van der Waals surface area contributed by atoms with E-state index in [9.17, 15) is 9.90 Å². The zero-order chi connectivity index (χ0) is 14.7. The first-order valence-corrected chi connectivity index (χ1v) is 6.85. The summed E-state index contributed by atoms with van der Waals surface area (Å²) >= 11 is 0. The maximum Gasteiger partial charge on any atom is 0.274 e. The van der Waals surface area contributed by atoms with Crippen LogP contribution in [0.5, 0.6) is 5.75 Å². The molecule has 1 N–H and O–H groups in total. The van der Waals surface area contributed by atoms with Crippen molar-refractivity contribution in [2.45, 2.75) is 27.3 Å². The van der Waals surface area contributed by atoms with E-state index < -0.39 is 0 Å². The van der Waals surface area contributed by atoms with Crippen molar-refractivity contribution in [2.75, 3.05) is 11.4 Å². The van der Waals surface area contributed by atoms with Crippen molar-refractivity contribution in [3.05, 3.63) is 47.8 Å². The summed E-state index contributed by atoms with van der Waals surface area (Å²) in [5.41, 5.74) is 2.38. The second kappa shape index (κ2) is 5.82. The van der Waals surface area contributed by atoms with E-state index in [0.29, 0.717) is 12.2 Å². The topological polar surface area (TPSA) is 45.5 Å². The quantitative estimate of drug-likeness (QED) is 0.929. The fourth-order valence-electron chi connectivity index (χ4n) is 2.33. The van der Waals surface area contributed by atoms with Crippen molar-refractivity contribution in [3.8, 4) is 5.75 Å². The Hall–Kier alpha value is -2.23. The van der Waals surface area contributed by atoms with Gasteiger partial charge in [0.15, 0.2) is 0 Å². The van der Waals surface area contributed by atoms with Crippen LogP contribution in [0.4, 0.5) is 5.69 Å². The highest BCUT2D eigenvalue weighted by Gasteiger charge is 2.20. The summed E-state index contributed by atoms with van der Waals surface area (Å²) in [6.07, 6.45) is 1.90. The second-order valence-corrected chi connectivity index (χ2v) is 4.70. The maximum atomic E-state index is 12.7. The van der Waals surface area contributed by atoms with Gasteiger partial charge in [-0.2, -0.15) is 0 Å². The van der Waals surface area contributed by atoms with E-state index in [1.54, 1.807) is 17.0 Å². The number of hydrogen-bond acceptors (Lipinski definition) is 2. The highest BCUT2D eigenvalue weighted by atomic mass is 16.3. The molecule has 0 aliphatic carbocycles. The fraction of sp³-hybridized carbons (Fsp3) is 0.312. The Morgan fingerprint density at radius 3 is 2.70 bits per heavy atom. The third kappa shape index (κ3) is 2.54. The van der Waals surface area contributed by atoms with E-state index in [-0.39, 0.29) is 11.7 Å². The van der Waals surface area contributed by atoms with Gasteiger partial charge < -0.3 is 14.6 Å². The van der Waals surface area contributed by atoms with Crippen molar-refractivity contribution >= 4 is 11.6 Å². The predicted molar refractivity (Wildman–Crippen MR) is 80.3 cm³/mol. The number of benzene rings is 1. The van der Waals surface area contributed by atoms with Gasteiger partial charge in [0.25, 0.3) is 5.91 Å². The summed E-state index contributed by atoms with van der Waals surface area (Å²) < 4.78 is 1.92. The largest absolute Gasteiger partial charge is 0.508 e. The number of phenols is 1. The minimum absolute atomic E-state index is 0.0481. The number of hydrogen-bond donors (Lipinski definition) is 1. The van der Waals surface area contributed by atoms with E-state index in [2.05, 4.69) is 0 Å². The number of aromatic hydroxyl groups is 1. The lowest BCUT2D eigenvalue weighted by Gasteiger charge is -2.23. The second-order valence-electron chi connectivity index (χ2n) is 4.70. The molecule has 4 nitrogen and oxygen atoms in total. The average Bonchev–Trinajstić information content (AvgIpc) is 2.91. The molecular formula is C16H20N2O2. The lowest BCUT2D eigenvalue weighted by atomic mass is 10.1. The molecule has 0 aliphatic heterocycles. The smallest absolute Gasteiger partial charge is 0.274 e. The van der Waals surface area contributed by atoms with Gasteiger partial charge >= 0.3 is 0 Å². The molecule has 20 heavy (non-hydrogen) atoms. The highest BCUT2D eigenvalue weighted by Crippen LogP contribution is 2.26. The van der Waals surface area contributed by atoms with Gasteiger partial charge in [0.1, 0.15) is 11.4 Å². The van der Waals surface area contributed by atoms with Crippen LogP contribution in [0.3, 0.4) is 0 Å². The van der Waals surface area contributed by atoms with Crippen LogP contribution in [0.1, 0.15) is 29.9 Å². The number of amides is 1. The summed E-state index contributed by atoms with van der Waals surface area (Å²) in [6.45, 7) is 7.18. The van der Waals surface area contributed by atoms with Crippen molar-refractivity contribution in [1.82, 2.24) is 4.57 Å². The van der Waals surface area contributed by atoms with Crippen LogP contribution in [-0.2, 0) is 6.54 Å². The van der Waals surface area contributed by atoms with E-state index in [1.165, 1.54) is 0 Å². The van der Waals surface area contributed by atoms with Crippen molar-refractivity contribution < 1.29 is 9.90 Å². The molecule has 0 unspecified atom stereocenters. The molecule has 0 radical (unpaired) electrons. The molecule has 0 spiro atoms. The Balaban J connectivity index is 2.42. The minimum Gasteiger partial charge on any atom is -0.508 e. The van der Waals surface area contributed by atoms with Crippen LogP contribution in [0.15, 0.2) is 36.5 Å². The molecule has 106 valence electrons. The molecule has 0 saturated heterocycles. The normalized spacial score (nSPS) is 10.6. The van der Waals surface area contributed by atoms with Crippen LogP contribution < -0.4 is 4.90 Å². The van der Waals surface area contributed by atoms with Crippen LogP contribution in [0, 0.1) is 6.92 Å². The first kappa shape index (κ1) is 14.2.